The van der Waals surface area contributed by atoms with Gasteiger partial charge in [-0.15, -0.1) is 0 Å². The number of ether oxygens (including phenoxy) is 2. The molecule has 1 unspecified atom stereocenters. The third kappa shape index (κ3) is 7.96. The van der Waals surface area contributed by atoms with Gasteiger partial charge < -0.3 is 9.47 Å². The van der Waals surface area contributed by atoms with E-state index in [0.717, 1.165) is 32.0 Å². The van der Waals surface area contributed by atoms with Crippen LogP contribution in [0.25, 0.3) is 0 Å². The van der Waals surface area contributed by atoms with Crippen molar-refractivity contribution in [3.05, 3.63) is 29.8 Å². The van der Waals surface area contributed by atoms with Crippen molar-refractivity contribution in [3.8, 4) is 5.75 Å². The van der Waals surface area contributed by atoms with E-state index in [1.165, 1.54) is 44.1 Å². The van der Waals surface area contributed by atoms with Gasteiger partial charge in [0, 0.05) is 5.41 Å². The summed E-state index contributed by atoms with van der Waals surface area (Å²) in [7, 11) is 0. The Balaban J connectivity index is 1.71. The van der Waals surface area contributed by atoms with Gasteiger partial charge in [-0.2, -0.15) is 0 Å². The van der Waals surface area contributed by atoms with E-state index in [1.807, 2.05) is 0 Å². The van der Waals surface area contributed by atoms with Crippen molar-refractivity contribution in [2.75, 3.05) is 19.8 Å². The quantitative estimate of drug-likeness (QED) is 0.349. The van der Waals surface area contributed by atoms with E-state index in [2.05, 4.69) is 72.7 Å². The summed E-state index contributed by atoms with van der Waals surface area (Å²) in [4.78, 5) is 0. The maximum atomic E-state index is 6.01. The molecule has 1 aromatic rings. The molecule has 1 saturated heterocycles. The standard InChI is InChI=1S/C27H46O2/c1-8-27(20-28-21-27)17-11-9-10-12-18-29-23-15-13-22(14-16-23)24(26(5,6)7)19-25(2,3)4/h13-16,24H,8-12,17-21H2,1-7H3. The van der Waals surface area contributed by atoms with Crippen LogP contribution in [0.1, 0.15) is 105 Å². The lowest BCUT2D eigenvalue weighted by atomic mass is 9.69. The number of hydrogen-bond donors (Lipinski definition) is 0. The van der Waals surface area contributed by atoms with E-state index in [1.54, 1.807) is 0 Å². The smallest absolute Gasteiger partial charge is 0.119 e. The predicted molar refractivity (Wildman–Crippen MR) is 125 cm³/mol. The van der Waals surface area contributed by atoms with Gasteiger partial charge in [-0.25, -0.2) is 0 Å². The highest BCUT2D eigenvalue weighted by molar-refractivity contribution is 5.30. The van der Waals surface area contributed by atoms with Crippen LogP contribution < -0.4 is 4.74 Å². The van der Waals surface area contributed by atoms with Crippen LogP contribution in [0, 0.1) is 16.2 Å². The fourth-order valence-corrected chi connectivity index (χ4v) is 4.39. The van der Waals surface area contributed by atoms with Gasteiger partial charge in [0.2, 0.25) is 0 Å². The van der Waals surface area contributed by atoms with Crippen molar-refractivity contribution in [1.29, 1.82) is 0 Å². The number of benzene rings is 1. The summed E-state index contributed by atoms with van der Waals surface area (Å²) in [5.74, 6) is 1.57. The summed E-state index contributed by atoms with van der Waals surface area (Å²) >= 11 is 0. The molecule has 1 atom stereocenters. The van der Waals surface area contributed by atoms with Crippen molar-refractivity contribution >= 4 is 0 Å². The maximum Gasteiger partial charge on any atom is 0.119 e. The first-order chi connectivity index (χ1) is 13.5. The van der Waals surface area contributed by atoms with Gasteiger partial charge in [0.1, 0.15) is 5.75 Å². The highest BCUT2D eigenvalue weighted by atomic mass is 16.5. The molecule has 1 aliphatic heterocycles. The van der Waals surface area contributed by atoms with E-state index in [4.69, 9.17) is 9.47 Å². The third-order valence-electron chi connectivity index (χ3n) is 6.58. The highest BCUT2D eigenvalue weighted by Gasteiger charge is 2.35. The topological polar surface area (TPSA) is 18.5 Å². The van der Waals surface area contributed by atoms with E-state index >= 15 is 0 Å². The molecule has 0 amide bonds. The number of unbranched alkanes of at least 4 members (excludes halogenated alkanes) is 3. The molecule has 0 radical (unpaired) electrons. The van der Waals surface area contributed by atoms with Crippen LogP contribution in [0.2, 0.25) is 0 Å². The predicted octanol–water partition coefficient (Wildman–Crippen LogP) is 8.01. The zero-order valence-corrected chi connectivity index (χ0v) is 20.3. The van der Waals surface area contributed by atoms with Gasteiger partial charge >= 0.3 is 0 Å². The van der Waals surface area contributed by atoms with E-state index < -0.39 is 0 Å². The normalized spacial score (nSPS) is 17.6. The average molecular weight is 403 g/mol. The van der Waals surface area contributed by atoms with E-state index in [-0.39, 0.29) is 5.41 Å². The molecular formula is C27H46O2. The molecule has 2 rings (SSSR count). The summed E-state index contributed by atoms with van der Waals surface area (Å²) in [6.07, 6.45) is 8.83. The highest BCUT2D eigenvalue weighted by Crippen LogP contribution is 2.43. The minimum absolute atomic E-state index is 0.262. The van der Waals surface area contributed by atoms with Crippen molar-refractivity contribution in [2.24, 2.45) is 16.2 Å². The second-order valence-corrected chi connectivity index (χ2v) is 11.6. The van der Waals surface area contributed by atoms with Gasteiger partial charge in [0.15, 0.2) is 0 Å². The Morgan fingerprint density at radius 2 is 1.55 bits per heavy atom. The lowest BCUT2D eigenvalue weighted by Gasteiger charge is -2.41. The van der Waals surface area contributed by atoms with E-state index in [0.29, 0.717) is 16.7 Å². The van der Waals surface area contributed by atoms with E-state index in [9.17, 15) is 0 Å². The Morgan fingerprint density at radius 3 is 2.03 bits per heavy atom. The van der Waals surface area contributed by atoms with Crippen LogP contribution in [0.4, 0.5) is 0 Å². The minimum atomic E-state index is 0.262. The molecule has 0 bridgehead atoms. The first-order valence-electron chi connectivity index (χ1n) is 11.9. The molecule has 0 N–H and O–H groups in total. The molecule has 2 nitrogen and oxygen atoms in total. The summed E-state index contributed by atoms with van der Waals surface area (Å²) in [6, 6.07) is 8.89. The fraction of sp³-hybridized carbons (Fsp3) is 0.778. The molecule has 1 heterocycles. The molecular weight excluding hydrogens is 356 g/mol. The molecule has 1 aromatic carbocycles. The molecule has 2 heteroatoms. The van der Waals surface area contributed by atoms with Crippen molar-refractivity contribution < 1.29 is 9.47 Å². The van der Waals surface area contributed by atoms with Crippen molar-refractivity contribution in [2.45, 2.75) is 99.3 Å². The Hall–Kier alpha value is -1.02. The van der Waals surface area contributed by atoms with Crippen LogP contribution in [-0.2, 0) is 4.74 Å². The van der Waals surface area contributed by atoms with Gasteiger partial charge in [-0.1, -0.05) is 79.9 Å². The third-order valence-corrected chi connectivity index (χ3v) is 6.58. The lowest BCUT2D eigenvalue weighted by Crippen LogP contribution is -2.41. The lowest BCUT2D eigenvalue weighted by molar-refractivity contribution is -0.120. The van der Waals surface area contributed by atoms with Gasteiger partial charge in [0.25, 0.3) is 0 Å². The summed E-state index contributed by atoms with van der Waals surface area (Å²) in [5.41, 5.74) is 2.54. The van der Waals surface area contributed by atoms with Gasteiger partial charge in [-0.05, 0) is 60.1 Å². The van der Waals surface area contributed by atoms with Crippen LogP contribution in [0.15, 0.2) is 24.3 Å². The summed E-state index contributed by atoms with van der Waals surface area (Å²) in [5, 5.41) is 0. The minimum Gasteiger partial charge on any atom is -0.494 e. The molecule has 0 aliphatic carbocycles. The van der Waals surface area contributed by atoms with Crippen LogP contribution in [0.3, 0.4) is 0 Å². The summed E-state index contributed by atoms with van der Waals surface area (Å²) < 4.78 is 11.4. The summed E-state index contributed by atoms with van der Waals surface area (Å²) in [6.45, 7) is 19.2. The average Bonchev–Trinajstić information content (AvgIpc) is 2.60. The largest absolute Gasteiger partial charge is 0.494 e. The molecule has 0 spiro atoms. The van der Waals surface area contributed by atoms with Gasteiger partial charge in [-0.3, -0.25) is 0 Å². The second-order valence-electron chi connectivity index (χ2n) is 11.6. The maximum absolute atomic E-state index is 6.01. The molecule has 0 saturated carbocycles. The van der Waals surface area contributed by atoms with Crippen molar-refractivity contribution in [3.63, 3.8) is 0 Å². The molecule has 1 fully saturated rings. The Morgan fingerprint density at radius 1 is 0.931 bits per heavy atom. The van der Waals surface area contributed by atoms with Crippen molar-refractivity contribution in [1.82, 2.24) is 0 Å². The molecule has 0 aromatic heterocycles. The van der Waals surface area contributed by atoms with Gasteiger partial charge in [0.05, 0.1) is 19.8 Å². The van der Waals surface area contributed by atoms with Crippen LogP contribution in [0.5, 0.6) is 5.75 Å². The Bertz CT molecular complexity index is 579. The molecule has 1 aliphatic rings. The second kappa shape index (κ2) is 10.3. The zero-order chi connectivity index (χ0) is 21.5. The monoisotopic (exact) mass is 402 g/mol. The SMILES string of the molecule is CCC1(CCCCCCOc2ccc(C(CC(C)(C)C)C(C)(C)C)cc2)COC1. The fourth-order valence-electron chi connectivity index (χ4n) is 4.39. The van der Waals surface area contributed by atoms with Crippen LogP contribution >= 0.6 is 0 Å². The first-order valence-corrected chi connectivity index (χ1v) is 11.9. The number of rotatable bonds is 11. The van der Waals surface area contributed by atoms with Crippen LogP contribution in [-0.4, -0.2) is 19.8 Å². The zero-order valence-electron chi connectivity index (χ0n) is 20.3. The Kier molecular flexibility index (Phi) is 8.64. The molecule has 166 valence electrons. The molecule has 29 heavy (non-hydrogen) atoms. The Labute approximate surface area is 180 Å². The number of hydrogen-bond acceptors (Lipinski definition) is 2. The first kappa shape index (κ1) is 24.3.